The quantitative estimate of drug-likeness (QED) is 0.688. The Kier molecular flexibility index (Phi) is 4.99. The van der Waals surface area contributed by atoms with Crippen LogP contribution in [0.3, 0.4) is 0 Å². The second-order valence-corrected chi connectivity index (χ2v) is 7.36. The summed E-state index contributed by atoms with van der Waals surface area (Å²) in [6.07, 6.45) is 7.77. The number of hydrogen-bond donors (Lipinski definition) is 0. The van der Waals surface area contributed by atoms with Gasteiger partial charge in [-0.05, 0) is 30.5 Å². The van der Waals surface area contributed by atoms with Gasteiger partial charge in [0.15, 0.2) is 11.7 Å². The molecule has 6 nitrogen and oxygen atoms in total. The van der Waals surface area contributed by atoms with E-state index in [2.05, 4.69) is 9.97 Å². The molecule has 3 heterocycles. The lowest BCUT2D eigenvalue weighted by Gasteiger charge is -2.31. The lowest BCUT2D eigenvalue weighted by atomic mass is 9.98. The normalized spacial score (nSPS) is 17.3. The number of aryl methyl sites for hydroxylation is 1. The Labute approximate surface area is 162 Å². The number of oxazole rings is 1. The Morgan fingerprint density at radius 3 is 2.85 bits per heavy atom. The molecule has 0 bridgehead atoms. The van der Waals surface area contributed by atoms with Gasteiger partial charge in [0.2, 0.25) is 0 Å². The van der Waals surface area contributed by atoms with Crippen molar-refractivity contribution < 1.29 is 9.21 Å². The van der Waals surface area contributed by atoms with E-state index in [4.69, 9.17) is 16.0 Å². The van der Waals surface area contributed by atoms with Crippen molar-refractivity contribution in [3.8, 4) is 0 Å². The van der Waals surface area contributed by atoms with Gasteiger partial charge in [-0.25, -0.2) is 9.97 Å². The fourth-order valence-electron chi connectivity index (χ4n) is 3.47. The zero-order valence-electron chi connectivity index (χ0n) is 15.1. The third kappa shape index (κ3) is 3.90. The van der Waals surface area contributed by atoms with E-state index in [1.165, 1.54) is 0 Å². The molecule has 1 aromatic carbocycles. The molecule has 0 aliphatic carbocycles. The van der Waals surface area contributed by atoms with Crippen LogP contribution in [0, 0.1) is 0 Å². The summed E-state index contributed by atoms with van der Waals surface area (Å²) in [7, 11) is 1.83. The van der Waals surface area contributed by atoms with Gasteiger partial charge in [-0.15, -0.1) is 0 Å². The number of rotatable bonds is 4. The molecular formula is C20H21ClN4O2. The van der Waals surface area contributed by atoms with E-state index in [9.17, 15) is 4.79 Å². The third-order valence-electron chi connectivity index (χ3n) is 4.93. The van der Waals surface area contributed by atoms with Gasteiger partial charge in [0.25, 0.3) is 5.91 Å². The number of halogens is 1. The molecule has 0 spiro atoms. The standard InChI is InChI=1S/C20H21ClN4O2/c1-24-10-8-22-18(24)20(26)25-9-2-3-15(13-25)19-23-12-17(27-19)11-14-4-6-16(21)7-5-14/h4-8,10,12,15H,2-3,9,11,13H2,1H3/t15-/m0/s1. The molecule has 1 amide bonds. The van der Waals surface area contributed by atoms with Crippen LogP contribution in [0.1, 0.15) is 46.6 Å². The number of benzene rings is 1. The molecule has 140 valence electrons. The third-order valence-corrected chi connectivity index (χ3v) is 5.19. The molecule has 2 aromatic heterocycles. The van der Waals surface area contributed by atoms with Crippen LogP contribution in [-0.4, -0.2) is 38.4 Å². The van der Waals surface area contributed by atoms with Crippen molar-refractivity contribution in [1.29, 1.82) is 0 Å². The van der Waals surface area contributed by atoms with Gasteiger partial charge < -0.3 is 13.9 Å². The second kappa shape index (κ2) is 7.56. The fraction of sp³-hybridized carbons (Fsp3) is 0.350. The van der Waals surface area contributed by atoms with Crippen LogP contribution in [0.25, 0.3) is 0 Å². The van der Waals surface area contributed by atoms with Gasteiger partial charge in [-0.3, -0.25) is 4.79 Å². The number of imidazole rings is 1. The summed E-state index contributed by atoms with van der Waals surface area (Å²) in [5.41, 5.74) is 1.12. The molecule has 1 fully saturated rings. The van der Waals surface area contributed by atoms with Gasteiger partial charge in [-0.2, -0.15) is 0 Å². The van der Waals surface area contributed by atoms with Crippen molar-refractivity contribution in [2.45, 2.75) is 25.2 Å². The summed E-state index contributed by atoms with van der Waals surface area (Å²) >= 11 is 5.93. The first kappa shape index (κ1) is 17.8. The van der Waals surface area contributed by atoms with Crippen molar-refractivity contribution in [3.05, 3.63) is 70.9 Å². The maximum atomic E-state index is 12.7. The smallest absolute Gasteiger partial charge is 0.289 e. The Morgan fingerprint density at radius 2 is 2.11 bits per heavy atom. The predicted molar refractivity (Wildman–Crippen MR) is 102 cm³/mol. The zero-order chi connectivity index (χ0) is 18.8. The molecule has 1 aliphatic rings. The Hall–Kier alpha value is -2.60. The van der Waals surface area contributed by atoms with E-state index in [1.54, 1.807) is 23.2 Å². The van der Waals surface area contributed by atoms with Crippen LogP contribution >= 0.6 is 11.6 Å². The van der Waals surface area contributed by atoms with Gasteiger partial charge >= 0.3 is 0 Å². The minimum atomic E-state index is -0.0415. The molecule has 1 saturated heterocycles. The number of piperidine rings is 1. The number of hydrogen-bond acceptors (Lipinski definition) is 4. The molecule has 7 heteroatoms. The summed E-state index contributed by atoms with van der Waals surface area (Å²) < 4.78 is 7.75. The fourth-order valence-corrected chi connectivity index (χ4v) is 3.60. The van der Waals surface area contributed by atoms with Crippen LogP contribution in [0.5, 0.6) is 0 Å². The first-order chi connectivity index (χ1) is 13.1. The van der Waals surface area contributed by atoms with Crippen LogP contribution < -0.4 is 0 Å². The van der Waals surface area contributed by atoms with E-state index in [-0.39, 0.29) is 11.8 Å². The number of nitrogens with zero attached hydrogens (tertiary/aromatic N) is 4. The van der Waals surface area contributed by atoms with E-state index in [1.807, 2.05) is 36.2 Å². The maximum Gasteiger partial charge on any atom is 0.289 e. The summed E-state index contributed by atoms with van der Waals surface area (Å²) in [5, 5.41) is 0.719. The molecular weight excluding hydrogens is 364 g/mol. The maximum absolute atomic E-state index is 12.7. The topological polar surface area (TPSA) is 64.2 Å². The minimum absolute atomic E-state index is 0.0415. The largest absolute Gasteiger partial charge is 0.445 e. The highest BCUT2D eigenvalue weighted by Gasteiger charge is 2.29. The SMILES string of the molecule is Cn1ccnc1C(=O)N1CCC[C@H](c2ncc(Cc3ccc(Cl)cc3)o2)C1. The number of carbonyl (C=O) groups excluding carboxylic acids is 1. The first-order valence-electron chi connectivity index (χ1n) is 9.06. The molecule has 1 aliphatic heterocycles. The summed E-state index contributed by atoms with van der Waals surface area (Å²) in [6.45, 7) is 1.34. The number of amides is 1. The molecule has 0 unspecified atom stereocenters. The van der Waals surface area contributed by atoms with E-state index in [0.29, 0.717) is 24.7 Å². The van der Waals surface area contributed by atoms with E-state index < -0.39 is 0 Å². The van der Waals surface area contributed by atoms with E-state index in [0.717, 1.165) is 35.7 Å². The number of aromatic nitrogens is 3. The molecule has 4 rings (SSSR count). The average molecular weight is 385 g/mol. The van der Waals surface area contributed by atoms with Crippen LogP contribution in [0.15, 0.2) is 47.3 Å². The molecule has 1 atom stereocenters. The summed E-state index contributed by atoms with van der Waals surface area (Å²) in [5.74, 6) is 2.06. The monoisotopic (exact) mass is 384 g/mol. The molecule has 27 heavy (non-hydrogen) atoms. The van der Waals surface area contributed by atoms with Crippen LogP contribution in [0.2, 0.25) is 5.02 Å². The van der Waals surface area contributed by atoms with Crippen LogP contribution in [0.4, 0.5) is 0 Å². The van der Waals surface area contributed by atoms with Crippen molar-refractivity contribution in [1.82, 2.24) is 19.4 Å². The van der Waals surface area contributed by atoms with E-state index >= 15 is 0 Å². The van der Waals surface area contributed by atoms with Crippen molar-refractivity contribution in [2.75, 3.05) is 13.1 Å². The minimum Gasteiger partial charge on any atom is -0.445 e. The predicted octanol–water partition coefficient (Wildman–Crippen LogP) is 3.67. The highest BCUT2D eigenvalue weighted by Crippen LogP contribution is 2.28. The highest BCUT2D eigenvalue weighted by molar-refractivity contribution is 6.30. The van der Waals surface area contributed by atoms with Crippen molar-refractivity contribution in [2.24, 2.45) is 7.05 Å². The Balaban J connectivity index is 1.44. The summed E-state index contributed by atoms with van der Waals surface area (Å²) in [6, 6.07) is 7.71. The Bertz CT molecular complexity index is 932. The van der Waals surface area contributed by atoms with Gasteiger partial charge in [-0.1, -0.05) is 23.7 Å². The molecule has 0 N–H and O–H groups in total. The van der Waals surface area contributed by atoms with Crippen LogP contribution in [-0.2, 0) is 13.5 Å². The Morgan fingerprint density at radius 1 is 1.30 bits per heavy atom. The van der Waals surface area contributed by atoms with Gasteiger partial charge in [0.05, 0.1) is 12.1 Å². The van der Waals surface area contributed by atoms with Crippen molar-refractivity contribution >= 4 is 17.5 Å². The molecule has 0 saturated carbocycles. The zero-order valence-corrected chi connectivity index (χ0v) is 15.9. The second-order valence-electron chi connectivity index (χ2n) is 6.92. The number of carbonyl (C=O) groups is 1. The molecule has 3 aromatic rings. The number of likely N-dealkylation sites (tertiary alicyclic amines) is 1. The lowest BCUT2D eigenvalue weighted by molar-refractivity contribution is 0.0682. The van der Waals surface area contributed by atoms with Gasteiger partial charge in [0.1, 0.15) is 5.76 Å². The van der Waals surface area contributed by atoms with Crippen molar-refractivity contribution in [3.63, 3.8) is 0 Å². The first-order valence-corrected chi connectivity index (χ1v) is 9.43. The lowest BCUT2D eigenvalue weighted by Crippen LogP contribution is -2.40. The average Bonchev–Trinajstić information content (AvgIpc) is 3.32. The highest BCUT2D eigenvalue weighted by atomic mass is 35.5. The molecule has 0 radical (unpaired) electrons. The summed E-state index contributed by atoms with van der Waals surface area (Å²) in [4.78, 5) is 23.2. The van der Waals surface area contributed by atoms with Gasteiger partial charge in [0, 0.05) is 44.0 Å².